The second-order valence-corrected chi connectivity index (χ2v) is 6.43. The molecule has 0 bridgehead atoms. The number of carbonyl (C=O) groups is 1. The van der Waals surface area contributed by atoms with Crippen molar-refractivity contribution < 1.29 is 4.79 Å². The quantitative estimate of drug-likeness (QED) is 0.585. The van der Waals surface area contributed by atoms with Crippen molar-refractivity contribution in [2.45, 2.75) is 0 Å². The molecule has 5 heteroatoms. The fraction of sp³-hybridized carbons (Fsp3) is 0. The van der Waals surface area contributed by atoms with Crippen LogP contribution in [0.4, 0.5) is 0 Å². The first-order chi connectivity index (χ1) is 10.2. The molecule has 0 aliphatic rings. The van der Waals surface area contributed by atoms with Gasteiger partial charge in [-0.1, -0.05) is 47.5 Å². The number of fused-ring (bicyclic) bond motifs is 1. The van der Waals surface area contributed by atoms with E-state index in [2.05, 4.69) is 4.98 Å². The topological polar surface area (TPSA) is 30.0 Å². The molecule has 0 saturated carbocycles. The lowest BCUT2D eigenvalue weighted by molar-refractivity contribution is 0.112. The SMILES string of the molecule is O=Cc1cccc(C=Cc2ccc3sc(Cl)c(Cl)c3n2)c1. The van der Waals surface area contributed by atoms with Crippen molar-refractivity contribution in [3.63, 3.8) is 0 Å². The van der Waals surface area contributed by atoms with Crippen LogP contribution in [0.5, 0.6) is 0 Å². The molecule has 3 aromatic rings. The predicted octanol–water partition coefficient (Wildman–Crippen LogP) is 5.59. The number of aldehydes is 1. The van der Waals surface area contributed by atoms with Crippen molar-refractivity contribution in [2.75, 3.05) is 0 Å². The van der Waals surface area contributed by atoms with Gasteiger partial charge in [-0.3, -0.25) is 4.79 Å². The highest BCUT2D eigenvalue weighted by atomic mass is 35.5. The molecule has 2 nitrogen and oxygen atoms in total. The second-order valence-electron chi connectivity index (χ2n) is 4.39. The van der Waals surface area contributed by atoms with Crippen molar-refractivity contribution in [2.24, 2.45) is 0 Å². The minimum atomic E-state index is 0.495. The lowest BCUT2D eigenvalue weighted by Gasteiger charge is -1.96. The Hall–Kier alpha value is -1.68. The molecule has 0 unspecified atom stereocenters. The summed E-state index contributed by atoms with van der Waals surface area (Å²) in [5.74, 6) is 0. The molecule has 0 spiro atoms. The third-order valence-corrected chi connectivity index (χ3v) is 4.88. The van der Waals surface area contributed by atoms with Crippen LogP contribution < -0.4 is 0 Å². The van der Waals surface area contributed by atoms with Crippen molar-refractivity contribution >= 4 is 63.2 Å². The van der Waals surface area contributed by atoms with Gasteiger partial charge in [0.05, 0.1) is 15.4 Å². The highest BCUT2D eigenvalue weighted by Gasteiger charge is 2.09. The highest BCUT2D eigenvalue weighted by molar-refractivity contribution is 7.23. The fourth-order valence-electron chi connectivity index (χ4n) is 1.95. The maximum Gasteiger partial charge on any atom is 0.150 e. The number of hydrogen-bond donors (Lipinski definition) is 0. The lowest BCUT2D eigenvalue weighted by atomic mass is 10.1. The standard InChI is InChI=1S/C16H9Cl2NOS/c17-14-15-13(21-16(14)18)7-6-12(19-15)5-4-10-2-1-3-11(8-10)9-20/h1-9H. The van der Waals surface area contributed by atoms with E-state index in [9.17, 15) is 4.79 Å². The molecule has 2 heterocycles. The Kier molecular flexibility index (Phi) is 4.06. The normalized spacial score (nSPS) is 11.3. The van der Waals surface area contributed by atoms with Gasteiger partial charge in [0.25, 0.3) is 0 Å². The summed E-state index contributed by atoms with van der Waals surface area (Å²) < 4.78 is 1.52. The third kappa shape index (κ3) is 3.00. The Bertz CT molecular complexity index is 855. The van der Waals surface area contributed by atoms with E-state index in [1.807, 2.05) is 42.5 Å². The third-order valence-electron chi connectivity index (χ3n) is 2.95. The number of hydrogen-bond acceptors (Lipinski definition) is 3. The van der Waals surface area contributed by atoms with Crippen molar-refractivity contribution in [1.82, 2.24) is 4.98 Å². The Morgan fingerprint density at radius 3 is 2.67 bits per heavy atom. The zero-order valence-electron chi connectivity index (χ0n) is 10.7. The molecule has 0 aliphatic carbocycles. The van der Waals surface area contributed by atoms with E-state index in [1.165, 1.54) is 11.3 Å². The molecule has 0 radical (unpaired) electrons. The predicted molar refractivity (Wildman–Crippen MR) is 90.4 cm³/mol. The average molecular weight is 334 g/mol. The number of halogens is 2. The van der Waals surface area contributed by atoms with E-state index < -0.39 is 0 Å². The zero-order valence-corrected chi connectivity index (χ0v) is 13.0. The van der Waals surface area contributed by atoms with Gasteiger partial charge in [0.2, 0.25) is 0 Å². The molecule has 3 rings (SSSR count). The van der Waals surface area contributed by atoms with Crippen LogP contribution in [0, 0.1) is 0 Å². The summed E-state index contributed by atoms with van der Waals surface area (Å²) in [4.78, 5) is 15.2. The summed E-state index contributed by atoms with van der Waals surface area (Å²) in [6.45, 7) is 0. The van der Waals surface area contributed by atoms with Gasteiger partial charge < -0.3 is 0 Å². The summed E-state index contributed by atoms with van der Waals surface area (Å²) in [7, 11) is 0. The largest absolute Gasteiger partial charge is 0.298 e. The maximum absolute atomic E-state index is 10.8. The number of carbonyl (C=O) groups excluding carboxylic acids is 1. The van der Waals surface area contributed by atoms with Crippen molar-refractivity contribution in [3.8, 4) is 0 Å². The van der Waals surface area contributed by atoms with Gasteiger partial charge in [0, 0.05) is 5.56 Å². The lowest BCUT2D eigenvalue weighted by Crippen LogP contribution is -1.82. The van der Waals surface area contributed by atoms with Gasteiger partial charge >= 0.3 is 0 Å². The number of aromatic nitrogens is 1. The first-order valence-corrected chi connectivity index (χ1v) is 7.72. The summed E-state index contributed by atoms with van der Waals surface area (Å²) in [5.41, 5.74) is 3.09. The van der Waals surface area contributed by atoms with Crippen LogP contribution >= 0.6 is 34.5 Å². The number of thiophene rings is 1. The molecule has 0 amide bonds. The average Bonchev–Trinajstić information content (AvgIpc) is 2.80. The van der Waals surface area contributed by atoms with E-state index in [1.54, 1.807) is 6.07 Å². The summed E-state index contributed by atoms with van der Waals surface area (Å²) in [6, 6.07) is 11.2. The van der Waals surface area contributed by atoms with E-state index >= 15 is 0 Å². The molecule has 0 N–H and O–H groups in total. The van der Waals surface area contributed by atoms with Crippen molar-refractivity contribution in [1.29, 1.82) is 0 Å². The van der Waals surface area contributed by atoms with Crippen LogP contribution in [-0.4, -0.2) is 11.3 Å². The second kappa shape index (κ2) is 5.98. The zero-order chi connectivity index (χ0) is 14.8. The minimum absolute atomic E-state index is 0.495. The van der Waals surface area contributed by atoms with Gasteiger partial charge in [-0.2, -0.15) is 0 Å². The monoisotopic (exact) mass is 333 g/mol. The molecule has 104 valence electrons. The van der Waals surface area contributed by atoms with E-state index in [-0.39, 0.29) is 0 Å². The Balaban J connectivity index is 1.95. The van der Waals surface area contributed by atoms with E-state index in [4.69, 9.17) is 23.2 Å². The summed E-state index contributed by atoms with van der Waals surface area (Å²) >= 11 is 13.5. The molecule has 2 aromatic heterocycles. The van der Waals surface area contributed by atoms with E-state index in [0.717, 1.165) is 27.8 Å². The molecular formula is C16H9Cl2NOS. The van der Waals surface area contributed by atoms with Crippen LogP contribution in [-0.2, 0) is 0 Å². The number of rotatable bonds is 3. The summed E-state index contributed by atoms with van der Waals surface area (Å²) in [6.07, 6.45) is 4.61. The molecule has 0 fully saturated rings. The van der Waals surface area contributed by atoms with Crippen LogP contribution in [0.3, 0.4) is 0 Å². The molecule has 21 heavy (non-hydrogen) atoms. The van der Waals surface area contributed by atoms with Crippen LogP contribution in [0.2, 0.25) is 9.36 Å². The molecule has 0 atom stereocenters. The van der Waals surface area contributed by atoms with Crippen LogP contribution in [0.25, 0.3) is 22.4 Å². The molecular weight excluding hydrogens is 325 g/mol. The maximum atomic E-state index is 10.8. The van der Waals surface area contributed by atoms with Crippen molar-refractivity contribution in [3.05, 3.63) is 62.6 Å². The van der Waals surface area contributed by atoms with Gasteiger partial charge in [-0.25, -0.2) is 4.98 Å². The highest BCUT2D eigenvalue weighted by Crippen LogP contribution is 2.37. The molecule has 0 saturated heterocycles. The fourth-order valence-corrected chi connectivity index (χ4v) is 3.36. The first-order valence-electron chi connectivity index (χ1n) is 6.15. The number of nitrogens with zero attached hydrogens (tertiary/aromatic N) is 1. The van der Waals surface area contributed by atoms with Gasteiger partial charge in [-0.05, 0) is 29.8 Å². The van der Waals surface area contributed by atoms with Gasteiger partial charge in [0.1, 0.15) is 16.1 Å². The first kappa shape index (κ1) is 14.3. The smallest absolute Gasteiger partial charge is 0.150 e. The summed E-state index contributed by atoms with van der Waals surface area (Å²) in [5, 5.41) is 0.495. The van der Waals surface area contributed by atoms with Gasteiger partial charge in [-0.15, -0.1) is 11.3 Å². The van der Waals surface area contributed by atoms with Crippen LogP contribution in [0.15, 0.2) is 36.4 Å². The van der Waals surface area contributed by atoms with Gasteiger partial charge in [0.15, 0.2) is 0 Å². The number of benzene rings is 1. The minimum Gasteiger partial charge on any atom is -0.298 e. The Morgan fingerprint density at radius 2 is 1.86 bits per heavy atom. The Morgan fingerprint density at radius 1 is 1.05 bits per heavy atom. The number of pyridine rings is 1. The van der Waals surface area contributed by atoms with E-state index in [0.29, 0.717) is 14.9 Å². The van der Waals surface area contributed by atoms with Crippen LogP contribution in [0.1, 0.15) is 21.6 Å². The molecule has 1 aromatic carbocycles. The Labute approximate surface area is 135 Å². The molecule has 0 aliphatic heterocycles.